The van der Waals surface area contributed by atoms with Gasteiger partial charge in [-0.15, -0.1) is 12.4 Å². The molecule has 3 nitrogen and oxygen atoms in total. The van der Waals surface area contributed by atoms with E-state index in [1.165, 1.54) is 16.3 Å². The van der Waals surface area contributed by atoms with Crippen LogP contribution in [0.3, 0.4) is 0 Å². The number of rotatable bonds is 4. The highest BCUT2D eigenvalue weighted by atomic mass is 35.5. The second kappa shape index (κ2) is 6.25. The zero-order chi connectivity index (χ0) is 13.2. The molecule has 0 bridgehead atoms. The first-order chi connectivity index (χ1) is 9.29. The quantitative estimate of drug-likeness (QED) is 0.909. The predicted molar refractivity (Wildman–Crippen MR) is 84.1 cm³/mol. The Kier molecular flexibility index (Phi) is 4.63. The molecule has 0 spiro atoms. The minimum Gasteiger partial charge on any atom is -0.355 e. The standard InChI is InChI=1S/C16H18N2O.ClH/c17-7-8-18-16(19)15-10-14(15)13-6-5-11-3-1-2-4-12(11)9-13;/h1-6,9,14-15H,7-8,10,17H2,(H,18,19);1H. The Morgan fingerprint density at radius 2 is 1.95 bits per heavy atom. The summed E-state index contributed by atoms with van der Waals surface area (Å²) < 4.78 is 0. The van der Waals surface area contributed by atoms with E-state index in [2.05, 4.69) is 35.6 Å². The molecule has 4 heteroatoms. The summed E-state index contributed by atoms with van der Waals surface area (Å²) in [4.78, 5) is 11.8. The Hall–Kier alpha value is -1.58. The third-order valence-electron chi connectivity index (χ3n) is 3.77. The summed E-state index contributed by atoms with van der Waals surface area (Å²) in [5.41, 5.74) is 6.66. The maximum Gasteiger partial charge on any atom is 0.223 e. The van der Waals surface area contributed by atoms with Crippen LogP contribution < -0.4 is 11.1 Å². The van der Waals surface area contributed by atoms with Crippen LogP contribution in [0.4, 0.5) is 0 Å². The molecule has 0 radical (unpaired) electrons. The zero-order valence-corrected chi connectivity index (χ0v) is 12.0. The maximum atomic E-state index is 11.8. The van der Waals surface area contributed by atoms with Gasteiger partial charge >= 0.3 is 0 Å². The van der Waals surface area contributed by atoms with Crippen LogP contribution in [0.1, 0.15) is 17.9 Å². The number of hydrogen-bond donors (Lipinski definition) is 2. The van der Waals surface area contributed by atoms with Crippen molar-refractivity contribution in [2.24, 2.45) is 11.7 Å². The minimum atomic E-state index is 0. The molecule has 0 aromatic heterocycles. The van der Waals surface area contributed by atoms with E-state index in [9.17, 15) is 4.79 Å². The van der Waals surface area contributed by atoms with Crippen LogP contribution in [-0.2, 0) is 4.79 Å². The lowest BCUT2D eigenvalue weighted by molar-refractivity contribution is -0.122. The first kappa shape index (κ1) is 14.8. The van der Waals surface area contributed by atoms with Crippen LogP contribution in [-0.4, -0.2) is 19.0 Å². The van der Waals surface area contributed by atoms with E-state index in [1.54, 1.807) is 0 Å². The molecule has 1 saturated carbocycles. The van der Waals surface area contributed by atoms with Gasteiger partial charge in [0.05, 0.1) is 0 Å². The van der Waals surface area contributed by atoms with Crippen molar-refractivity contribution in [3.05, 3.63) is 48.0 Å². The van der Waals surface area contributed by atoms with Crippen LogP contribution in [0.2, 0.25) is 0 Å². The largest absolute Gasteiger partial charge is 0.355 e. The Morgan fingerprint density at radius 1 is 1.20 bits per heavy atom. The van der Waals surface area contributed by atoms with Gasteiger partial charge in [-0.1, -0.05) is 42.5 Å². The Balaban J connectivity index is 0.00000147. The van der Waals surface area contributed by atoms with Gasteiger partial charge < -0.3 is 11.1 Å². The zero-order valence-electron chi connectivity index (χ0n) is 11.2. The SMILES string of the molecule is Cl.NCCNC(=O)C1CC1c1ccc2ccccc2c1. The van der Waals surface area contributed by atoms with Crippen LogP contribution in [0.25, 0.3) is 10.8 Å². The van der Waals surface area contributed by atoms with Crippen LogP contribution in [0.5, 0.6) is 0 Å². The molecule has 1 aliphatic carbocycles. The highest BCUT2D eigenvalue weighted by molar-refractivity contribution is 5.86. The summed E-state index contributed by atoms with van der Waals surface area (Å²) in [6.07, 6.45) is 0.953. The first-order valence-electron chi connectivity index (χ1n) is 6.76. The molecule has 106 valence electrons. The van der Waals surface area contributed by atoms with Crippen molar-refractivity contribution >= 4 is 29.1 Å². The Morgan fingerprint density at radius 3 is 2.70 bits per heavy atom. The molecule has 2 aromatic carbocycles. The molecule has 3 rings (SSSR count). The molecular weight excluding hydrogens is 272 g/mol. The van der Waals surface area contributed by atoms with Crippen molar-refractivity contribution in [3.63, 3.8) is 0 Å². The summed E-state index contributed by atoms with van der Waals surface area (Å²) in [6, 6.07) is 14.8. The summed E-state index contributed by atoms with van der Waals surface area (Å²) in [5, 5.41) is 5.36. The van der Waals surface area contributed by atoms with E-state index >= 15 is 0 Å². The van der Waals surface area contributed by atoms with Gasteiger partial charge in [-0.3, -0.25) is 4.79 Å². The van der Waals surface area contributed by atoms with Crippen molar-refractivity contribution in [1.29, 1.82) is 0 Å². The molecule has 0 heterocycles. The van der Waals surface area contributed by atoms with Gasteiger partial charge in [0, 0.05) is 19.0 Å². The number of hydrogen-bond acceptors (Lipinski definition) is 2. The smallest absolute Gasteiger partial charge is 0.223 e. The van der Waals surface area contributed by atoms with Gasteiger partial charge in [0.25, 0.3) is 0 Å². The summed E-state index contributed by atoms with van der Waals surface area (Å²) in [5.74, 6) is 0.652. The number of nitrogens with two attached hydrogens (primary N) is 1. The average molecular weight is 291 g/mol. The fraction of sp³-hybridized carbons (Fsp3) is 0.312. The van der Waals surface area contributed by atoms with E-state index < -0.39 is 0 Å². The van der Waals surface area contributed by atoms with Gasteiger partial charge in [0.15, 0.2) is 0 Å². The lowest BCUT2D eigenvalue weighted by Gasteiger charge is -2.04. The van der Waals surface area contributed by atoms with Crippen molar-refractivity contribution < 1.29 is 4.79 Å². The monoisotopic (exact) mass is 290 g/mol. The number of carbonyl (C=O) groups excluding carboxylic acids is 1. The lowest BCUT2D eigenvalue weighted by Crippen LogP contribution is -2.30. The molecule has 2 atom stereocenters. The highest BCUT2D eigenvalue weighted by Crippen LogP contribution is 2.48. The number of fused-ring (bicyclic) bond motifs is 1. The molecule has 3 N–H and O–H groups in total. The number of halogens is 1. The van der Waals surface area contributed by atoms with E-state index in [0.717, 1.165) is 6.42 Å². The van der Waals surface area contributed by atoms with Gasteiger partial charge in [0.2, 0.25) is 5.91 Å². The van der Waals surface area contributed by atoms with Crippen molar-refractivity contribution in [2.45, 2.75) is 12.3 Å². The van der Waals surface area contributed by atoms with E-state index in [0.29, 0.717) is 19.0 Å². The average Bonchev–Trinajstić information content (AvgIpc) is 3.24. The van der Waals surface area contributed by atoms with Gasteiger partial charge in [-0.2, -0.15) is 0 Å². The fourth-order valence-electron chi connectivity index (χ4n) is 2.62. The normalized spacial score (nSPS) is 20.2. The molecule has 2 aromatic rings. The Bertz CT molecular complexity index is 614. The predicted octanol–water partition coefficient (Wildman–Crippen LogP) is 2.44. The topological polar surface area (TPSA) is 55.1 Å². The highest BCUT2D eigenvalue weighted by Gasteiger charge is 2.43. The second-order valence-corrected chi connectivity index (χ2v) is 5.13. The van der Waals surface area contributed by atoms with Crippen molar-refractivity contribution in [1.82, 2.24) is 5.32 Å². The maximum absolute atomic E-state index is 11.8. The van der Waals surface area contributed by atoms with Gasteiger partial charge in [-0.25, -0.2) is 0 Å². The fourth-order valence-corrected chi connectivity index (χ4v) is 2.62. The molecule has 1 amide bonds. The number of carbonyl (C=O) groups is 1. The number of nitrogens with one attached hydrogen (secondary N) is 1. The molecule has 0 saturated heterocycles. The number of benzene rings is 2. The van der Waals surface area contributed by atoms with E-state index in [1.807, 2.05) is 12.1 Å². The molecule has 1 aliphatic rings. The third-order valence-corrected chi connectivity index (χ3v) is 3.77. The van der Waals surface area contributed by atoms with Crippen LogP contribution >= 0.6 is 12.4 Å². The first-order valence-corrected chi connectivity index (χ1v) is 6.76. The van der Waals surface area contributed by atoms with Gasteiger partial charge in [-0.05, 0) is 28.7 Å². The Labute approximate surface area is 125 Å². The van der Waals surface area contributed by atoms with Crippen molar-refractivity contribution in [3.8, 4) is 0 Å². The summed E-state index contributed by atoms with van der Waals surface area (Å²) in [6.45, 7) is 1.07. The van der Waals surface area contributed by atoms with Gasteiger partial charge in [0.1, 0.15) is 0 Å². The summed E-state index contributed by atoms with van der Waals surface area (Å²) in [7, 11) is 0. The third kappa shape index (κ3) is 2.94. The van der Waals surface area contributed by atoms with E-state index in [-0.39, 0.29) is 24.2 Å². The van der Waals surface area contributed by atoms with Crippen LogP contribution in [0.15, 0.2) is 42.5 Å². The number of amides is 1. The lowest BCUT2D eigenvalue weighted by atomic mass is 10.0. The summed E-state index contributed by atoms with van der Waals surface area (Å²) >= 11 is 0. The molecule has 1 fully saturated rings. The second-order valence-electron chi connectivity index (χ2n) is 5.13. The minimum absolute atomic E-state index is 0. The molecule has 0 aliphatic heterocycles. The molecule has 2 unspecified atom stereocenters. The van der Waals surface area contributed by atoms with Crippen molar-refractivity contribution in [2.75, 3.05) is 13.1 Å². The van der Waals surface area contributed by atoms with E-state index in [4.69, 9.17) is 5.73 Å². The molecule has 20 heavy (non-hydrogen) atoms. The molecular formula is C16H19ClN2O. The van der Waals surface area contributed by atoms with Crippen LogP contribution in [0, 0.1) is 5.92 Å².